The first-order valence-corrected chi connectivity index (χ1v) is 8.55. The number of hydrogen-bond acceptors (Lipinski definition) is 4. The number of rotatable bonds is 7. The van der Waals surface area contributed by atoms with Gasteiger partial charge in [-0.05, 0) is 43.3 Å². The summed E-state index contributed by atoms with van der Waals surface area (Å²) in [6, 6.07) is 12.0. The van der Waals surface area contributed by atoms with Crippen molar-refractivity contribution in [3.05, 3.63) is 59.7 Å². The second-order valence-electron chi connectivity index (χ2n) is 5.12. The number of nitrogens with zero attached hydrogens (tertiary/aromatic N) is 1. The van der Waals surface area contributed by atoms with Gasteiger partial charge in [0, 0.05) is 17.5 Å². The Labute approximate surface area is 148 Å². The number of ether oxygens (including phenoxy) is 1. The quantitative estimate of drug-likeness (QED) is 0.757. The van der Waals surface area contributed by atoms with Gasteiger partial charge in [0.1, 0.15) is 5.75 Å². The molecule has 0 aliphatic heterocycles. The molecule has 0 spiro atoms. The van der Waals surface area contributed by atoms with E-state index < -0.39 is 11.6 Å². The second-order valence-corrected chi connectivity index (χ2v) is 6.56. The Morgan fingerprint density at radius 2 is 1.96 bits per heavy atom. The topological polar surface area (TPSA) is 62.1 Å². The lowest BCUT2D eigenvalue weighted by Gasteiger charge is -2.12. The van der Waals surface area contributed by atoms with Crippen LogP contribution in [0, 0.1) is 23.0 Å². The van der Waals surface area contributed by atoms with Crippen molar-refractivity contribution in [3.63, 3.8) is 0 Å². The van der Waals surface area contributed by atoms with Gasteiger partial charge in [0.25, 0.3) is 0 Å². The Morgan fingerprint density at radius 3 is 2.60 bits per heavy atom. The normalized spacial score (nSPS) is 11.4. The van der Waals surface area contributed by atoms with Gasteiger partial charge in [-0.1, -0.05) is 0 Å². The van der Waals surface area contributed by atoms with Crippen LogP contribution in [0.4, 0.5) is 14.5 Å². The zero-order chi connectivity index (χ0) is 18.2. The summed E-state index contributed by atoms with van der Waals surface area (Å²) in [5.41, 5.74) is 0.773. The third kappa shape index (κ3) is 5.76. The molecule has 0 heterocycles. The molecule has 0 radical (unpaired) electrons. The van der Waals surface area contributed by atoms with E-state index in [2.05, 4.69) is 5.32 Å². The first-order chi connectivity index (χ1) is 12.0. The summed E-state index contributed by atoms with van der Waals surface area (Å²) in [4.78, 5) is 12.0. The van der Waals surface area contributed by atoms with Crippen LogP contribution in [-0.2, 0) is 4.79 Å². The standard InChI is InChI=1S/C18H16F2N2O2S/c1-12(18(23)22-14-4-7-16(19)17(20)10-14)25-9-8-24-15-5-2-13(11-21)3-6-15/h2-7,10,12H,8-9H2,1H3,(H,22,23)/t12-/m1/s1. The molecule has 2 aromatic carbocycles. The molecule has 1 N–H and O–H groups in total. The van der Waals surface area contributed by atoms with E-state index in [0.29, 0.717) is 23.7 Å². The molecule has 0 aromatic heterocycles. The highest BCUT2D eigenvalue weighted by atomic mass is 32.2. The maximum atomic E-state index is 13.1. The van der Waals surface area contributed by atoms with Gasteiger partial charge >= 0.3 is 0 Å². The van der Waals surface area contributed by atoms with Crippen molar-refractivity contribution in [2.24, 2.45) is 0 Å². The van der Waals surface area contributed by atoms with Crippen LogP contribution in [0.1, 0.15) is 12.5 Å². The number of carbonyl (C=O) groups excluding carboxylic acids is 1. The van der Waals surface area contributed by atoms with Crippen molar-refractivity contribution in [3.8, 4) is 11.8 Å². The predicted molar refractivity (Wildman–Crippen MR) is 93.6 cm³/mol. The summed E-state index contributed by atoms with van der Waals surface area (Å²) in [5.74, 6) is -1.03. The maximum absolute atomic E-state index is 13.1. The fourth-order valence-corrected chi connectivity index (χ4v) is 2.65. The Bertz CT molecular complexity index is 776. The van der Waals surface area contributed by atoms with Crippen molar-refractivity contribution < 1.29 is 18.3 Å². The van der Waals surface area contributed by atoms with E-state index in [1.807, 2.05) is 6.07 Å². The molecule has 0 aliphatic carbocycles. The van der Waals surface area contributed by atoms with Gasteiger partial charge in [-0.3, -0.25) is 4.79 Å². The molecule has 0 unspecified atom stereocenters. The molecule has 4 nitrogen and oxygen atoms in total. The molecular formula is C18H16F2N2O2S. The van der Waals surface area contributed by atoms with Crippen LogP contribution >= 0.6 is 11.8 Å². The third-order valence-electron chi connectivity index (χ3n) is 3.26. The zero-order valence-electron chi connectivity index (χ0n) is 13.5. The number of amides is 1. The van der Waals surface area contributed by atoms with Gasteiger partial charge in [-0.25, -0.2) is 8.78 Å². The Hall–Kier alpha value is -2.59. The number of nitrogens with one attached hydrogen (secondary N) is 1. The van der Waals surface area contributed by atoms with Crippen molar-refractivity contribution >= 4 is 23.4 Å². The Morgan fingerprint density at radius 1 is 1.24 bits per heavy atom. The smallest absolute Gasteiger partial charge is 0.237 e. The van der Waals surface area contributed by atoms with Crippen LogP contribution < -0.4 is 10.1 Å². The highest BCUT2D eigenvalue weighted by Gasteiger charge is 2.14. The molecule has 7 heteroatoms. The lowest BCUT2D eigenvalue weighted by Crippen LogP contribution is -2.23. The third-order valence-corrected chi connectivity index (χ3v) is 4.38. The maximum Gasteiger partial charge on any atom is 0.237 e. The summed E-state index contributed by atoms with van der Waals surface area (Å²) in [6.45, 7) is 2.13. The van der Waals surface area contributed by atoms with Crippen LogP contribution in [-0.4, -0.2) is 23.5 Å². The van der Waals surface area contributed by atoms with Crippen LogP contribution in [0.2, 0.25) is 0 Å². The van der Waals surface area contributed by atoms with Crippen LogP contribution in [0.25, 0.3) is 0 Å². The molecular weight excluding hydrogens is 346 g/mol. The molecule has 2 aromatic rings. The zero-order valence-corrected chi connectivity index (χ0v) is 14.3. The van der Waals surface area contributed by atoms with E-state index in [1.54, 1.807) is 31.2 Å². The molecule has 130 valence electrons. The van der Waals surface area contributed by atoms with Gasteiger partial charge < -0.3 is 10.1 Å². The molecule has 1 amide bonds. The SMILES string of the molecule is C[C@@H](SCCOc1ccc(C#N)cc1)C(=O)Nc1ccc(F)c(F)c1. The number of anilines is 1. The summed E-state index contributed by atoms with van der Waals surface area (Å²) < 4.78 is 31.5. The number of halogens is 2. The lowest BCUT2D eigenvalue weighted by molar-refractivity contribution is -0.115. The van der Waals surface area contributed by atoms with Gasteiger partial charge in [0.2, 0.25) is 5.91 Å². The fraction of sp³-hybridized carbons (Fsp3) is 0.222. The van der Waals surface area contributed by atoms with Crippen LogP contribution in [0.15, 0.2) is 42.5 Å². The van der Waals surface area contributed by atoms with Gasteiger partial charge in [0.05, 0.1) is 23.5 Å². The molecule has 0 saturated heterocycles. The summed E-state index contributed by atoms with van der Waals surface area (Å²) in [5, 5.41) is 10.9. The summed E-state index contributed by atoms with van der Waals surface area (Å²) in [7, 11) is 0. The molecule has 25 heavy (non-hydrogen) atoms. The van der Waals surface area contributed by atoms with Crippen molar-refractivity contribution in [1.82, 2.24) is 0 Å². The predicted octanol–water partition coefficient (Wildman–Crippen LogP) is 3.98. The summed E-state index contributed by atoms with van der Waals surface area (Å²) in [6.07, 6.45) is 0. The van der Waals surface area contributed by atoms with E-state index in [4.69, 9.17) is 10.00 Å². The van der Waals surface area contributed by atoms with Crippen molar-refractivity contribution in [2.45, 2.75) is 12.2 Å². The van der Waals surface area contributed by atoms with E-state index in [0.717, 1.165) is 12.1 Å². The first kappa shape index (κ1) is 18.7. The minimum Gasteiger partial charge on any atom is -0.493 e. The second kappa shape index (κ2) is 9.04. The minimum atomic E-state index is -1.01. The van der Waals surface area contributed by atoms with Crippen LogP contribution in [0.3, 0.4) is 0 Å². The number of thioether (sulfide) groups is 1. The monoisotopic (exact) mass is 362 g/mol. The molecule has 0 bridgehead atoms. The van der Waals surface area contributed by atoms with E-state index >= 15 is 0 Å². The molecule has 1 atom stereocenters. The lowest BCUT2D eigenvalue weighted by atomic mass is 10.2. The highest BCUT2D eigenvalue weighted by Crippen LogP contribution is 2.17. The Kier molecular flexibility index (Phi) is 6.78. The fourth-order valence-electron chi connectivity index (χ4n) is 1.90. The van der Waals surface area contributed by atoms with Gasteiger partial charge in [-0.2, -0.15) is 5.26 Å². The molecule has 0 fully saturated rings. The largest absolute Gasteiger partial charge is 0.493 e. The number of carbonyl (C=O) groups is 1. The van der Waals surface area contributed by atoms with E-state index in [-0.39, 0.29) is 16.8 Å². The minimum absolute atomic E-state index is 0.213. The Balaban J connectivity index is 1.73. The van der Waals surface area contributed by atoms with Crippen molar-refractivity contribution in [1.29, 1.82) is 5.26 Å². The van der Waals surface area contributed by atoms with E-state index in [9.17, 15) is 13.6 Å². The molecule has 0 saturated carbocycles. The van der Waals surface area contributed by atoms with Crippen molar-refractivity contribution in [2.75, 3.05) is 17.7 Å². The van der Waals surface area contributed by atoms with Gasteiger partial charge in [-0.15, -0.1) is 11.8 Å². The highest BCUT2D eigenvalue weighted by molar-refractivity contribution is 8.00. The average Bonchev–Trinajstić information content (AvgIpc) is 2.62. The number of benzene rings is 2. The first-order valence-electron chi connectivity index (χ1n) is 7.50. The average molecular weight is 362 g/mol. The number of nitriles is 1. The number of hydrogen-bond donors (Lipinski definition) is 1. The van der Waals surface area contributed by atoms with Gasteiger partial charge in [0.15, 0.2) is 11.6 Å². The van der Waals surface area contributed by atoms with Crippen LogP contribution in [0.5, 0.6) is 5.75 Å². The molecule has 2 rings (SSSR count). The molecule has 0 aliphatic rings. The van der Waals surface area contributed by atoms with E-state index in [1.165, 1.54) is 17.8 Å². The summed E-state index contributed by atoms with van der Waals surface area (Å²) >= 11 is 1.38.